The van der Waals surface area contributed by atoms with Crippen LogP contribution in [-0.4, -0.2) is 25.2 Å². The van der Waals surface area contributed by atoms with E-state index in [4.69, 9.17) is 8.23 Å². The number of hydrogen-bond donors (Lipinski definition) is 0. The van der Waals surface area contributed by atoms with Crippen molar-refractivity contribution in [1.82, 2.24) is 0 Å². The fraction of sp³-hybridized carbons (Fsp3) is 0.714. The second kappa shape index (κ2) is 7.66. The van der Waals surface area contributed by atoms with Gasteiger partial charge >= 0.3 is 8.56 Å². The summed E-state index contributed by atoms with van der Waals surface area (Å²) < 4.78 is 13.8. The summed E-state index contributed by atoms with van der Waals surface area (Å²) in [5, 5.41) is 1.29. The van der Waals surface area contributed by atoms with Gasteiger partial charge < -0.3 is 8.23 Å². The molecular formula is C21H38O2Si3. The molecule has 3 rings (SSSR count). The van der Waals surface area contributed by atoms with Gasteiger partial charge in [-0.2, -0.15) is 0 Å². The van der Waals surface area contributed by atoms with Gasteiger partial charge in [-0.05, 0) is 87.5 Å². The summed E-state index contributed by atoms with van der Waals surface area (Å²) in [6, 6.07) is 12.1. The quantitative estimate of drug-likeness (QED) is 0.503. The number of hydrogen-bond acceptors (Lipinski definition) is 2. The summed E-state index contributed by atoms with van der Waals surface area (Å²) in [4.78, 5) is 0. The topological polar surface area (TPSA) is 18.5 Å². The van der Waals surface area contributed by atoms with E-state index in [1.807, 2.05) is 0 Å². The van der Waals surface area contributed by atoms with Crippen LogP contribution in [0.25, 0.3) is 0 Å². The van der Waals surface area contributed by atoms with Crippen LogP contribution in [0.1, 0.15) is 32.1 Å². The Morgan fingerprint density at radius 2 is 1.58 bits per heavy atom. The van der Waals surface area contributed by atoms with Crippen molar-refractivity contribution < 1.29 is 8.23 Å². The third-order valence-corrected chi connectivity index (χ3v) is 16.9. The summed E-state index contributed by atoms with van der Waals surface area (Å²) in [5.41, 5.74) is 0. The molecule has 0 radical (unpaired) electrons. The molecule has 0 spiro atoms. The standard InChI is InChI=1S/C21H38O2Si3/c1-24(2,3)22-26(6,21-10-8-7-9-11-21)23-25(4,5)15-14-20-17-18-12-13-19(20)16-18/h7-11,18-20H,12-17H2,1-6H3. The third-order valence-electron chi connectivity index (χ3n) is 6.27. The predicted octanol–water partition coefficient (Wildman–Crippen LogP) is 5.87. The Kier molecular flexibility index (Phi) is 6.05. The van der Waals surface area contributed by atoms with Gasteiger partial charge in [0.05, 0.1) is 0 Å². The molecule has 0 amide bonds. The van der Waals surface area contributed by atoms with Crippen LogP contribution in [0, 0.1) is 17.8 Å². The van der Waals surface area contributed by atoms with Gasteiger partial charge in [0.25, 0.3) is 0 Å². The largest absolute Gasteiger partial charge is 0.433 e. The third kappa shape index (κ3) is 5.19. The van der Waals surface area contributed by atoms with Crippen LogP contribution >= 0.6 is 0 Å². The van der Waals surface area contributed by atoms with Gasteiger partial charge in [0.2, 0.25) is 0 Å². The molecule has 2 nitrogen and oxygen atoms in total. The summed E-state index contributed by atoms with van der Waals surface area (Å²) in [5.74, 6) is 3.06. The molecule has 4 atom stereocenters. The van der Waals surface area contributed by atoms with Crippen LogP contribution < -0.4 is 5.19 Å². The summed E-state index contributed by atoms with van der Waals surface area (Å²) in [7, 11) is -5.80. The normalized spacial score (nSPS) is 28.3. The molecular weight excluding hydrogens is 368 g/mol. The first kappa shape index (κ1) is 20.5. The molecule has 146 valence electrons. The predicted molar refractivity (Wildman–Crippen MR) is 119 cm³/mol. The molecule has 0 heterocycles. The van der Waals surface area contributed by atoms with Crippen LogP contribution in [0.2, 0.25) is 45.3 Å². The molecule has 1 aromatic carbocycles. The second-order valence-electron chi connectivity index (χ2n) is 10.4. The molecule has 26 heavy (non-hydrogen) atoms. The van der Waals surface area contributed by atoms with E-state index in [1.54, 1.807) is 0 Å². The number of benzene rings is 1. The number of fused-ring (bicyclic) bond motifs is 2. The molecule has 0 N–H and O–H groups in total. The van der Waals surface area contributed by atoms with Crippen molar-refractivity contribution in [2.75, 3.05) is 0 Å². The highest BCUT2D eigenvalue weighted by Crippen LogP contribution is 2.50. The van der Waals surface area contributed by atoms with E-state index in [2.05, 4.69) is 69.6 Å². The van der Waals surface area contributed by atoms with Crippen LogP contribution in [0.4, 0.5) is 0 Å². The Labute approximate surface area is 164 Å². The van der Waals surface area contributed by atoms with Crippen molar-refractivity contribution in [2.24, 2.45) is 17.8 Å². The maximum absolute atomic E-state index is 7.02. The van der Waals surface area contributed by atoms with Gasteiger partial charge in [-0.3, -0.25) is 0 Å². The molecule has 2 aliphatic rings. The zero-order valence-electron chi connectivity index (χ0n) is 17.7. The molecule has 1 aromatic rings. The van der Waals surface area contributed by atoms with E-state index in [9.17, 15) is 0 Å². The van der Waals surface area contributed by atoms with Crippen molar-refractivity contribution >= 4 is 30.4 Å². The SMILES string of the molecule is C[Si](C)(C)O[Si](C)(O[Si](C)(C)CCC1CC2CCC1C2)c1ccccc1. The first-order chi connectivity index (χ1) is 12.1. The van der Waals surface area contributed by atoms with Crippen LogP contribution in [0.15, 0.2) is 30.3 Å². The fourth-order valence-electron chi connectivity index (χ4n) is 5.31. The molecule has 2 fully saturated rings. The van der Waals surface area contributed by atoms with Crippen LogP contribution in [-0.2, 0) is 8.23 Å². The lowest BCUT2D eigenvalue weighted by molar-refractivity contribution is 0.318. The first-order valence-electron chi connectivity index (χ1n) is 10.5. The highest BCUT2D eigenvalue weighted by atomic mass is 28.5. The Balaban J connectivity index is 1.68. The molecule has 2 bridgehead atoms. The van der Waals surface area contributed by atoms with Gasteiger partial charge in [0, 0.05) is 0 Å². The minimum Gasteiger partial charge on any atom is -0.433 e. The lowest BCUT2D eigenvalue weighted by atomic mass is 9.87. The van der Waals surface area contributed by atoms with E-state index < -0.39 is 25.2 Å². The Bertz CT molecular complexity index is 599. The lowest BCUT2D eigenvalue weighted by Crippen LogP contribution is -2.60. The van der Waals surface area contributed by atoms with E-state index in [-0.39, 0.29) is 0 Å². The maximum atomic E-state index is 7.02. The lowest BCUT2D eigenvalue weighted by Gasteiger charge is -2.40. The van der Waals surface area contributed by atoms with Gasteiger partial charge in [-0.1, -0.05) is 43.2 Å². The second-order valence-corrected chi connectivity index (χ2v) is 22.7. The van der Waals surface area contributed by atoms with Gasteiger partial charge in [-0.15, -0.1) is 0 Å². The molecule has 5 heteroatoms. The minimum atomic E-state index is -2.37. The highest BCUT2D eigenvalue weighted by molar-refractivity contribution is 6.94. The zero-order chi connectivity index (χ0) is 19.0. The van der Waals surface area contributed by atoms with Gasteiger partial charge in [0.15, 0.2) is 16.6 Å². The van der Waals surface area contributed by atoms with E-state index in [0.717, 1.165) is 17.8 Å². The van der Waals surface area contributed by atoms with Crippen molar-refractivity contribution in [3.63, 3.8) is 0 Å². The van der Waals surface area contributed by atoms with Gasteiger partial charge in [0.1, 0.15) is 0 Å². The maximum Gasteiger partial charge on any atom is 0.348 e. The van der Waals surface area contributed by atoms with Crippen molar-refractivity contribution in [1.29, 1.82) is 0 Å². The van der Waals surface area contributed by atoms with Crippen molar-refractivity contribution in [3.8, 4) is 0 Å². The molecule has 0 saturated heterocycles. The molecule has 0 aromatic heterocycles. The Hall–Kier alpha value is -0.209. The molecule has 2 aliphatic carbocycles. The van der Waals surface area contributed by atoms with E-state index >= 15 is 0 Å². The van der Waals surface area contributed by atoms with E-state index in [0.29, 0.717) is 0 Å². The zero-order valence-corrected chi connectivity index (χ0v) is 20.7. The van der Waals surface area contributed by atoms with Crippen molar-refractivity contribution in [3.05, 3.63) is 30.3 Å². The fourth-order valence-corrected chi connectivity index (χ4v) is 18.0. The van der Waals surface area contributed by atoms with Crippen LogP contribution in [0.5, 0.6) is 0 Å². The highest BCUT2D eigenvalue weighted by Gasteiger charge is 2.45. The summed E-state index contributed by atoms with van der Waals surface area (Å²) >= 11 is 0. The van der Waals surface area contributed by atoms with Crippen LogP contribution in [0.3, 0.4) is 0 Å². The molecule has 4 unspecified atom stereocenters. The minimum absolute atomic E-state index is 0.978. The summed E-state index contributed by atoms with van der Waals surface area (Å²) in [6.07, 6.45) is 7.39. The number of rotatable bonds is 8. The first-order valence-corrected chi connectivity index (χ1v) is 19.4. The molecule has 2 saturated carbocycles. The average Bonchev–Trinajstić information content (AvgIpc) is 3.14. The smallest absolute Gasteiger partial charge is 0.348 e. The average molecular weight is 407 g/mol. The Morgan fingerprint density at radius 1 is 0.885 bits per heavy atom. The van der Waals surface area contributed by atoms with Crippen molar-refractivity contribution in [2.45, 2.75) is 77.4 Å². The van der Waals surface area contributed by atoms with Gasteiger partial charge in [-0.25, -0.2) is 0 Å². The van der Waals surface area contributed by atoms with E-state index in [1.165, 1.54) is 43.3 Å². The Morgan fingerprint density at radius 3 is 2.12 bits per heavy atom. The monoisotopic (exact) mass is 406 g/mol. The molecule has 0 aliphatic heterocycles. The summed E-state index contributed by atoms with van der Waals surface area (Å²) in [6.45, 7) is 14.0.